The third-order valence-corrected chi connectivity index (χ3v) is 4.51. The van der Waals surface area contributed by atoms with Crippen molar-refractivity contribution in [1.82, 2.24) is 16.2 Å². The lowest BCUT2D eigenvalue weighted by Crippen LogP contribution is -2.39. The Hall–Kier alpha value is -1.09. The summed E-state index contributed by atoms with van der Waals surface area (Å²) in [5, 5.41) is 3.51. The standard InChI is InChI=1S/C16H23N3O4.ClH/c1-2-14-15(23-10-22-14)5-11(1)16-12(7-18-19-16)6-17-8-13-9-20-3-4-21-13;/h1-2,5,12-13,16-19H,3-4,6-10H2;1H. The zero-order chi connectivity index (χ0) is 15.5. The van der Waals surface area contributed by atoms with Crippen molar-refractivity contribution in [2.45, 2.75) is 12.1 Å². The Morgan fingerprint density at radius 2 is 2.04 bits per heavy atom. The predicted molar refractivity (Wildman–Crippen MR) is 90.6 cm³/mol. The summed E-state index contributed by atoms with van der Waals surface area (Å²) < 4.78 is 21.9. The van der Waals surface area contributed by atoms with Gasteiger partial charge in [-0.2, -0.15) is 0 Å². The number of hydrogen-bond donors (Lipinski definition) is 3. The number of ether oxygens (including phenoxy) is 4. The maximum atomic E-state index is 5.66. The number of rotatable bonds is 5. The summed E-state index contributed by atoms with van der Waals surface area (Å²) in [5.41, 5.74) is 7.83. The molecular weight excluding hydrogens is 334 g/mol. The number of fused-ring (bicyclic) bond motifs is 1. The van der Waals surface area contributed by atoms with E-state index in [-0.39, 0.29) is 24.6 Å². The van der Waals surface area contributed by atoms with Gasteiger partial charge in [0.25, 0.3) is 0 Å². The van der Waals surface area contributed by atoms with E-state index in [0.717, 1.165) is 31.1 Å². The number of halogens is 1. The molecule has 0 aliphatic carbocycles. The molecule has 1 aromatic carbocycles. The van der Waals surface area contributed by atoms with Gasteiger partial charge in [0.1, 0.15) is 0 Å². The highest BCUT2D eigenvalue weighted by Gasteiger charge is 2.29. The highest BCUT2D eigenvalue weighted by atomic mass is 35.5. The van der Waals surface area contributed by atoms with E-state index in [1.54, 1.807) is 0 Å². The Kier molecular flexibility index (Phi) is 6.15. The lowest BCUT2D eigenvalue weighted by atomic mass is 9.94. The first kappa shape index (κ1) is 17.7. The Morgan fingerprint density at radius 1 is 1.12 bits per heavy atom. The quantitative estimate of drug-likeness (QED) is 0.713. The molecule has 3 aliphatic rings. The molecular formula is C16H24ClN3O4. The van der Waals surface area contributed by atoms with Gasteiger partial charge in [0.15, 0.2) is 11.5 Å². The van der Waals surface area contributed by atoms with E-state index in [1.165, 1.54) is 5.56 Å². The lowest BCUT2D eigenvalue weighted by Gasteiger charge is -2.25. The zero-order valence-electron chi connectivity index (χ0n) is 13.5. The molecule has 2 saturated heterocycles. The van der Waals surface area contributed by atoms with Gasteiger partial charge in [-0.15, -0.1) is 12.4 Å². The van der Waals surface area contributed by atoms with E-state index in [9.17, 15) is 0 Å². The number of hydrazine groups is 1. The van der Waals surface area contributed by atoms with Gasteiger partial charge in [-0.25, -0.2) is 5.43 Å². The van der Waals surface area contributed by atoms with Gasteiger partial charge in [-0.05, 0) is 17.7 Å². The highest BCUT2D eigenvalue weighted by molar-refractivity contribution is 5.85. The van der Waals surface area contributed by atoms with Gasteiger partial charge < -0.3 is 24.3 Å². The fourth-order valence-electron chi connectivity index (χ4n) is 3.27. The van der Waals surface area contributed by atoms with Crippen LogP contribution < -0.4 is 25.6 Å². The Labute approximate surface area is 147 Å². The van der Waals surface area contributed by atoms with Crippen LogP contribution in [-0.4, -0.2) is 52.4 Å². The van der Waals surface area contributed by atoms with Crippen molar-refractivity contribution in [3.8, 4) is 11.5 Å². The molecule has 8 heteroatoms. The third-order valence-electron chi connectivity index (χ3n) is 4.51. The molecule has 3 heterocycles. The van der Waals surface area contributed by atoms with Gasteiger partial charge in [-0.3, -0.25) is 5.43 Å². The lowest BCUT2D eigenvalue weighted by molar-refractivity contribution is -0.0865. The second-order valence-electron chi connectivity index (χ2n) is 6.10. The summed E-state index contributed by atoms with van der Waals surface area (Å²) in [7, 11) is 0. The minimum atomic E-state index is 0. The maximum Gasteiger partial charge on any atom is 0.231 e. The van der Waals surface area contributed by atoms with Crippen LogP contribution in [0.2, 0.25) is 0 Å². The summed E-state index contributed by atoms with van der Waals surface area (Å²) >= 11 is 0. The zero-order valence-corrected chi connectivity index (χ0v) is 14.3. The molecule has 7 nitrogen and oxygen atoms in total. The minimum absolute atomic E-state index is 0. The van der Waals surface area contributed by atoms with E-state index in [4.69, 9.17) is 18.9 Å². The predicted octanol–water partition coefficient (Wildman–Crippen LogP) is 0.607. The van der Waals surface area contributed by atoms with Crippen LogP contribution in [0, 0.1) is 5.92 Å². The van der Waals surface area contributed by atoms with Crippen molar-refractivity contribution in [2.24, 2.45) is 5.92 Å². The van der Waals surface area contributed by atoms with E-state index in [1.807, 2.05) is 6.07 Å². The number of benzene rings is 1. The average Bonchev–Trinajstić information content (AvgIpc) is 3.24. The first-order chi connectivity index (χ1) is 11.4. The molecule has 134 valence electrons. The molecule has 2 fully saturated rings. The fourth-order valence-corrected chi connectivity index (χ4v) is 3.27. The second-order valence-corrected chi connectivity index (χ2v) is 6.10. The fraction of sp³-hybridized carbons (Fsp3) is 0.625. The molecule has 0 bridgehead atoms. The first-order valence-electron chi connectivity index (χ1n) is 8.18. The Balaban J connectivity index is 0.00000169. The van der Waals surface area contributed by atoms with Crippen molar-refractivity contribution < 1.29 is 18.9 Å². The Bertz CT molecular complexity index is 542. The third kappa shape index (κ3) is 3.93. The van der Waals surface area contributed by atoms with E-state index in [2.05, 4.69) is 28.3 Å². The van der Waals surface area contributed by atoms with Crippen LogP contribution in [0.4, 0.5) is 0 Å². The largest absolute Gasteiger partial charge is 0.454 e. The normalized spacial score (nSPS) is 28.6. The van der Waals surface area contributed by atoms with Crippen LogP contribution >= 0.6 is 12.4 Å². The van der Waals surface area contributed by atoms with Crippen LogP contribution in [0.3, 0.4) is 0 Å². The van der Waals surface area contributed by atoms with E-state index >= 15 is 0 Å². The summed E-state index contributed by atoms with van der Waals surface area (Å²) in [5.74, 6) is 2.11. The SMILES string of the molecule is Cl.c1cc2c(cc1C1NNCC1CNCC1COCCO1)OCO2. The van der Waals surface area contributed by atoms with Gasteiger partial charge >= 0.3 is 0 Å². The molecule has 3 aliphatic heterocycles. The van der Waals surface area contributed by atoms with Crippen LogP contribution in [-0.2, 0) is 9.47 Å². The molecule has 0 spiro atoms. The smallest absolute Gasteiger partial charge is 0.231 e. The van der Waals surface area contributed by atoms with Crippen LogP contribution in [0.5, 0.6) is 11.5 Å². The van der Waals surface area contributed by atoms with Gasteiger partial charge in [0.05, 0.1) is 32.0 Å². The van der Waals surface area contributed by atoms with Crippen molar-refractivity contribution in [3.63, 3.8) is 0 Å². The number of nitrogens with one attached hydrogen (secondary N) is 3. The molecule has 3 N–H and O–H groups in total. The summed E-state index contributed by atoms with van der Waals surface area (Å²) in [6, 6.07) is 6.40. The molecule has 1 aromatic rings. The van der Waals surface area contributed by atoms with E-state index in [0.29, 0.717) is 32.5 Å². The highest BCUT2D eigenvalue weighted by Crippen LogP contribution is 2.36. The van der Waals surface area contributed by atoms with Crippen LogP contribution in [0.25, 0.3) is 0 Å². The summed E-state index contributed by atoms with van der Waals surface area (Å²) in [4.78, 5) is 0. The summed E-state index contributed by atoms with van der Waals surface area (Å²) in [6.07, 6.45) is 0.162. The second kappa shape index (κ2) is 8.33. The topological polar surface area (TPSA) is 73.0 Å². The molecule has 3 atom stereocenters. The summed E-state index contributed by atoms with van der Waals surface area (Å²) in [6.45, 7) is 5.05. The molecule has 24 heavy (non-hydrogen) atoms. The van der Waals surface area contributed by atoms with Crippen molar-refractivity contribution in [3.05, 3.63) is 23.8 Å². The molecule has 0 radical (unpaired) electrons. The molecule has 3 unspecified atom stereocenters. The number of hydrogen-bond acceptors (Lipinski definition) is 7. The molecule has 0 saturated carbocycles. The Morgan fingerprint density at radius 3 is 2.92 bits per heavy atom. The van der Waals surface area contributed by atoms with Crippen LogP contribution in [0.15, 0.2) is 18.2 Å². The van der Waals surface area contributed by atoms with Crippen molar-refractivity contribution >= 4 is 12.4 Å². The van der Waals surface area contributed by atoms with Gasteiger partial charge in [0.2, 0.25) is 6.79 Å². The monoisotopic (exact) mass is 357 g/mol. The van der Waals surface area contributed by atoms with E-state index < -0.39 is 0 Å². The maximum absolute atomic E-state index is 5.66. The average molecular weight is 358 g/mol. The van der Waals surface area contributed by atoms with Crippen LogP contribution in [0.1, 0.15) is 11.6 Å². The van der Waals surface area contributed by atoms with Crippen molar-refractivity contribution in [1.29, 1.82) is 0 Å². The van der Waals surface area contributed by atoms with Gasteiger partial charge in [0, 0.05) is 25.6 Å². The minimum Gasteiger partial charge on any atom is -0.454 e. The molecule has 0 aromatic heterocycles. The van der Waals surface area contributed by atoms with Crippen molar-refractivity contribution in [2.75, 3.05) is 46.2 Å². The molecule has 4 rings (SSSR count). The van der Waals surface area contributed by atoms with Gasteiger partial charge in [-0.1, -0.05) is 6.07 Å². The molecule has 0 amide bonds. The first-order valence-corrected chi connectivity index (χ1v) is 8.18.